The Bertz CT molecular complexity index is 703. The first-order valence-electron chi connectivity index (χ1n) is 9.77. The van der Waals surface area contributed by atoms with Crippen molar-refractivity contribution in [1.29, 1.82) is 0 Å². The second kappa shape index (κ2) is 9.00. The summed E-state index contributed by atoms with van der Waals surface area (Å²) in [6.45, 7) is 6.82. The molecular weight excluding hydrogens is 320 g/mol. The minimum absolute atomic E-state index is 0.0969. The molecule has 138 valence electrons. The number of likely N-dealkylation sites (tertiary alicyclic amines) is 1. The zero-order valence-corrected chi connectivity index (χ0v) is 15.9. The summed E-state index contributed by atoms with van der Waals surface area (Å²) in [7, 11) is 0. The fourth-order valence-corrected chi connectivity index (χ4v) is 3.80. The summed E-state index contributed by atoms with van der Waals surface area (Å²) in [4.78, 5) is 14.8. The fourth-order valence-electron chi connectivity index (χ4n) is 3.80. The van der Waals surface area contributed by atoms with E-state index in [9.17, 15) is 4.79 Å². The molecule has 1 heterocycles. The number of amides is 1. The Morgan fingerprint density at radius 3 is 2.38 bits per heavy atom. The van der Waals surface area contributed by atoms with Gasteiger partial charge in [-0.05, 0) is 61.4 Å². The topological polar surface area (TPSA) is 32.3 Å². The van der Waals surface area contributed by atoms with E-state index in [0.29, 0.717) is 12.5 Å². The molecule has 1 saturated heterocycles. The van der Waals surface area contributed by atoms with Crippen molar-refractivity contribution in [3.8, 4) is 0 Å². The predicted molar refractivity (Wildman–Crippen MR) is 108 cm³/mol. The van der Waals surface area contributed by atoms with Gasteiger partial charge < -0.3 is 5.32 Å². The Labute approximate surface area is 157 Å². The molecule has 1 N–H and O–H groups in total. The van der Waals surface area contributed by atoms with Crippen molar-refractivity contribution in [2.24, 2.45) is 5.92 Å². The minimum atomic E-state index is 0.0969. The van der Waals surface area contributed by atoms with E-state index < -0.39 is 0 Å². The van der Waals surface area contributed by atoms with Crippen LogP contribution in [0.15, 0.2) is 54.6 Å². The Hall–Kier alpha value is -2.13. The second-order valence-corrected chi connectivity index (χ2v) is 7.70. The first-order chi connectivity index (χ1) is 12.6. The van der Waals surface area contributed by atoms with E-state index in [1.165, 1.54) is 24.0 Å². The van der Waals surface area contributed by atoms with Crippen LogP contribution < -0.4 is 5.32 Å². The number of para-hydroxylation sites is 1. The third kappa shape index (κ3) is 5.18. The van der Waals surface area contributed by atoms with Gasteiger partial charge in [-0.3, -0.25) is 9.69 Å². The van der Waals surface area contributed by atoms with E-state index in [-0.39, 0.29) is 5.91 Å². The zero-order valence-electron chi connectivity index (χ0n) is 15.9. The number of rotatable bonds is 6. The van der Waals surface area contributed by atoms with E-state index in [1.807, 2.05) is 18.2 Å². The maximum absolute atomic E-state index is 12.5. The van der Waals surface area contributed by atoms with Crippen LogP contribution in [0.3, 0.4) is 0 Å². The van der Waals surface area contributed by atoms with Gasteiger partial charge >= 0.3 is 0 Å². The number of benzene rings is 2. The van der Waals surface area contributed by atoms with Crippen molar-refractivity contribution in [3.63, 3.8) is 0 Å². The third-order valence-electron chi connectivity index (χ3n) is 5.30. The van der Waals surface area contributed by atoms with Gasteiger partial charge in [0.2, 0.25) is 5.91 Å². The first kappa shape index (κ1) is 18.7. The Balaban J connectivity index is 1.46. The summed E-state index contributed by atoms with van der Waals surface area (Å²) in [5.74, 6) is 1.23. The maximum Gasteiger partial charge on any atom is 0.238 e. The summed E-state index contributed by atoms with van der Waals surface area (Å²) in [5, 5.41) is 3.11. The molecule has 0 unspecified atom stereocenters. The molecule has 3 rings (SSSR count). The van der Waals surface area contributed by atoms with Crippen molar-refractivity contribution < 1.29 is 4.79 Å². The van der Waals surface area contributed by atoms with Crippen molar-refractivity contribution in [1.82, 2.24) is 4.90 Å². The van der Waals surface area contributed by atoms with Crippen LogP contribution in [0, 0.1) is 5.92 Å². The lowest BCUT2D eigenvalue weighted by molar-refractivity contribution is -0.117. The Kier molecular flexibility index (Phi) is 6.45. The van der Waals surface area contributed by atoms with Gasteiger partial charge in [0.1, 0.15) is 0 Å². The van der Waals surface area contributed by atoms with Crippen LogP contribution in [0.1, 0.15) is 43.7 Å². The summed E-state index contributed by atoms with van der Waals surface area (Å²) in [6.07, 6.45) is 3.50. The maximum atomic E-state index is 12.5. The van der Waals surface area contributed by atoms with E-state index >= 15 is 0 Å². The molecule has 1 amide bonds. The molecule has 0 spiro atoms. The molecule has 3 heteroatoms. The molecular formula is C23H30N2O. The van der Waals surface area contributed by atoms with E-state index in [4.69, 9.17) is 0 Å². The lowest BCUT2D eigenvalue weighted by Crippen LogP contribution is -2.39. The van der Waals surface area contributed by atoms with Gasteiger partial charge in [0.25, 0.3) is 0 Å². The molecule has 0 aliphatic carbocycles. The van der Waals surface area contributed by atoms with Crippen LogP contribution >= 0.6 is 0 Å². The number of anilines is 1. The van der Waals surface area contributed by atoms with Crippen LogP contribution in [0.4, 0.5) is 5.69 Å². The molecule has 3 nitrogen and oxygen atoms in total. The standard InChI is InChI=1S/C23H30N2O/c1-18(2)21-10-6-7-11-22(21)24-23(26)17-25-14-12-20(13-15-25)16-19-8-4-3-5-9-19/h3-11,18,20H,12-17H2,1-2H3,(H,24,26). The largest absolute Gasteiger partial charge is 0.325 e. The van der Waals surface area contributed by atoms with Crippen LogP contribution in [-0.4, -0.2) is 30.4 Å². The van der Waals surface area contributed by atoms with Crippen LogP contribution in [0.25, 0.3) is 0 Å². The molecule has 2 aromatic carbocycles. The Morgan fingerprint density at radius 2 is 1.69 bits per heavy atom. The molecule has 0 bridgehead atoms. The summed E-state index contributed by atoms with van der Waals surface area (Å²) in [6, 6.07) is 18.8. The molecule has 0 atom stereocenters. The lowest BCUT2D eigenvalue weighted by Gasteiger charge is -2.31. The van der Waals surface area contributed by atoms with E-state index in [0.717, 1.165) is 31.1 Å². The number of nitrogens with one attached hydrogen (secondary N) is 1. The zero-order chi connectivity index (χ0) is 18.4. The molecule has 26 heavy (non-hydrogen) atoms. The quantitative estimate of drug-likeness (QED) is 0.819. The molecule has 1 aliphatic rings. The number of carbonyl (C=O) groups is 1. The molecule has 1 aliphatic heterocycles. The third-order valence-corrected chi connectivity index (χ3v) is 5.30. The van der Waals surface area contributed by atoms with Crippen LogP contribution in [0.5, 0.6) is 0 Å². The van der Waals surface area contributed by atoms with Gasteiger partial charge in [-0.25, -0.2) is 0 Å². The minimum Gasteiger partial charge on any atom is -0.325 e. The second-order valence-electron chi connectivity index (χ2n) is 7.70. The summed E-state index contributed by atoms with van der Waals surface area (Å²) < 4.78 is 0. The Morgan fingerprint density at radius 1 is 1.04 bits per heavy atom. The van der Waals surface area contributed by atoms with Crippen LogP contribution in [0.2, 0.25) is 0 Å². The monoisotopic (exact) mass is 350 g/mol. The molecule has 0 aromatic heterocycles. The highest BCUT2D eigenvalue weighted by atomic mass is 16.2. The van der Waals surface area contributed by atoms with Gasteiger partial charge in [0.15, 0.2) is 0 Å². The number of carbonyl (C=O) groups excluding carboxylic acids is 1. The number of nitrogens with zero attached hydrogens (tertiary/aromatic N) is 1. The van der Waals surface area contributed by atoms with Crippen molar-refractivity contribution in [2.75, 3.05) is 25.0 Å². The first-order valence-corrected chi connectivity index (χ1v) is 9.77. The molecule has 1 fully saturated rings. The average molecular weight is 351 g/mol. The highest BCUT2D eigenvalue weighted by Crippen LogP contribution is 2.24. The van der Waals surface area contributed by atoms with Crippen molar-refractivity contribution in [3.05, 3.63) is 65.7 Å². The van der Waals surface area contributed by atoms with Gasteiger partial charge in [-0.2, -0.15) is 0 Å². The molecule has 2 aromatic rings. The SMILES string of the molecule is CC(C)c1ccccc1NC(=O)CN1CCC(Cc2ccccc2)CC1. The molecule has 0 radical (unpaired) electrons. The summed E-state index contributed by atoms with van der Waals surface area (Å²) >= 11 is 0. The van der Waals surface area contributed by atoms with Gasteiger partial charge in [0, 0.05) is 5.69 Å². The molecule has 0 saturated carbocycles. The van der Waals surface area contributed by atoms with E-state index in [1.54, 1.807) is 0 Å². The summed E-state index contributed by atoms with van der Waals surface area (Å²) in [5.41, 5.74) is 3.57. The lowest BCUT2D eigenvalue weighted by atomic mass is 9.90. The van der Waals surface area contributed by atoms with Gasteiger partial charge in [-0.15, -0.1) is 0 Å². The predicted octanol–water partition coefficient (Wildman–Crippen LogP) is 4.70. The van der Waals surface area contributed by atoms with Gasteiger partial charge in [0.05, 0.1) is 6.54 Å². The fraction of sp³-hybridized carbons (Fsp3) is 0.435. The van der Waals surface area contributed by atoms with Crippen molar-refractivity contribution >= 4 is 11.6 Å². The van der Waals surface area contributed by atoms with Gasteiger partial charge in [-0.1, -0.05) is 62.4 Å². The highest BCUT2D eigenvalue weighted by Gasteiger charge is 2.21. The number of piperidine rings is 1. The smallest absolute Gasteiger partial charge is 0.238 e. The number of hydrogen-bond acceptors (Lipinski definition) is 2. The van der Waals surface area contributed by atoms with Crippen LogP contribution in [-0.2, 0) is 11.2 Å². The van der Waals surface area contributed by atoms with Crippen molar-refractivity contribution in [2.45, 2.75) is 39.0 Å². The average Bonchev–Trinajstić information content (AvgIpc) is 2.64. The van der Waals surface area contributed by atoms with E-state index in [2.05, 4.69) is 60.5 Å². The number of hydrogen-bond donors (Lipinski definition) is 1. The normalized spacial score (nSPS) is 16.0. The highest BCUT2D eigenvalue weighted by molar-refractivity contribution is 5.93.